The van der Waals surface area contributed by atoms with Gasteiger partial charge in [-0.1, -0.05) is 27.2 Å². The molecule has 1 N–H and O–H groups in total. The highest BCUT2D eigenvalue weighted by atomic mass is 16.5. The van der Waals surface area contributed by atoms with Gasteiger partial charge in [-0.25, -0.2) is 0 Å². The number of rotatable bonds is 2. The molecule has 72 valence electrons. The summed E-state index contributed by atoms with van der Waals surface area (Å²) in [6, 6.07) is 0.801. The van der Waals surface area contributed by atoms with Crippen molar-refractivity contribution in [2.45, 2.75) is 58.5 Å². The fourth-order valence-electron chi connectivity index (χ4n) is 2.13. The van der Waals surface area contributed by atoms with Gasteiger partial charge in [-0.3, -0.25) is 0 Å². The van der Waals surface area contributed by atoms with Gasteiger partial charge in [0.05, 0.1) is 0 Å². The van der Waals surface area contributed by atoms with E-state index in [4.69, 9.17) is 0 Å². The maximum Gasteiger partial charge on any atom is 0.0376 e. The number of hydrogen-bond donors (Lipinski definition) is 1. The molecule has 1 heterocycles. The molecule has 0 bridgehead atoms. The monoisotopic (exact) mass is 171 g/mol. The minimum absolute atomic E-state index is 0.392. The van der Waals surface area contributed by atoms with Gasteiger partial charge in [0.25, 0.3) is 0 Å². The predicted octanol–water partition coefficient (Wildman–Crippen LogP) is 2.66. The molecule has 0 radical (unpaired) electrons. The summed E-state index contributed by atoms with van der Waals surface area (Å²) in [5, 5.41) is 11.4. The quantitative estimate of drug-likeness (QED) is 0.690. The predicted molar refractivity (Wildman–Crippen MR) is 50.2 cm³/mol. The van der Waals surface area contributed by atoms with Gasteiger partial charge >= 0.3 is 0 Å². The van der Waals surface area contributed by atoms with Crippen molar-refractivity contribution in [3.05, 3.63) is 0 Å². The largest absolute Gasteiger partial charge is 0.313 e. The maximum atomic E-state index is 9.83. The van der Waals surface area contributed by atoms with Crippen LogP contribution >= 0.6 is 0 Å². The summed E-state index contributed by atoms with van der Waals surface area (Å²) >= 11 is 0. The molecule has 1 fully saturated rings. The second-order valence-electron chi connectivity index (χ2n) is 4.18. The molecule has 2 nitrogen and oxygen atoms in total. The number of hydrogen-bond acceptors (Lipinski definition) is 2. The lowest BCUT2D eigenvalue weighted by atomic mass is 9.90. The average Bonchev–Trinajstić information content (AvgIpc) is 2.04. The molecule has 1 saturated heterocycles. The van der Waals surface area contributed by atoms with Crippen LogP contribution in [0.5, 0.6) is 0 Å². The highest BCUT2D eigenvalue weighted by molar-refractivity contribution is 4.80. The zero-order valence-electron chi connectivity index (χ0n) is 8.45. The second-order valence-corrected chi connectivity index (χ2v) is 4.18. The molecule has 0 saturated carbocycles. The van der Waals surface area contributed by atoms with Gasteiger partial charge in [0.2, 0.25) is 0 Å². The Labute approximate surface area is 75.5 Å². The normalized spacial score (nSPS) is 32.8. The van der Waals surface area contributed by atoms with Crippen LogP contribution in [0.25, 0.3) is 0 Å². The summed E-state index contributed by atoms with van der Waals surface area (Å²) < 4.78 is 0. The third-order valence-electron chi connectivity index (χ3n) is 2.99. The van der Waals surface area contributed by atoms with Crippen molar-refractivity contribution in [3.63, 3.8) is 0 Å². The Kier molecular flexibility index (Phi) is 3.53. The van der Waals surface area contributed by atoms with Crippen molar-refractivity contribution in [1.29, 1.82) is 0 Å². The number of nitrogens with zero attached hydrogens (tertiary/aromatic N) is 1. The fraction of sp³-hybridized carbons (Fsp3) is 1.00. The van der Waals surface area contributed by atoms with Crippen molar-refractivity contribution in [3.8, 4) is 0 Å². The molecule has 1 aliphatic rings. The Morgan fingerprint density at radius 1 is 1.42 bits per heavy atom. The Morgan fingerprint density at radius 2 is 2.08 bits per heavy atom. The van der Waals surface area contributed by atoms with Crippen LogP contribution in [0.1, 0.15) is 46.5 Å². The highest BCUT2D eigenvalue weighted by Crippen LogP contribution is 2.26. The zero-order valence-corrected chi connectivity index (χ0v) is 8.45. The molecule has 12 heavy (non-hydrogen) atoms. The molecular formula is C10H21NO. The average molecular weight is 171 g/mol. The first kappa shape index (κ1) is 10.0. The minimum Gasteiger partial charge on any atom is -0.313 e. The Morgan fingerprint density at radius 3 is 2.58 bits per heavy atom. The molecule has 0 spiro atoms. The second kappa shape index (κ2) is 4.24. The molecule has 0 aromatic carbocycles. The molecule has 0 amide bonds. The molecule has 2 heteroatoms. The van der Waals surface area contributed by atoms with E-state index in [1.54, 1.807) is 5.06 Å². The smallest absolute Gasteiger partial charge is 0.0376 e. The van der Waals surface area contributed by atoms with Gasteiger partial charge in [-0.05, 0) is 25.2 Å². The van der Waals surface area contributed by atoms with Crippen molar-refractivity contribution < 1.29 is 5.21 Å². The summed E-state index contributed by atoms with van der Waals surface area (Å²) in [4.78, 5) is 0. The topological polar surface area (TPSA) is 23.5 Å². The van der Waals surface area contributed by atoms with Crippen LogP contribution in [0.15, 0.2) is 0 Å². The van der Waals surface area contributed by atoms with Crippen LogP contribution in [-0.4, -0.2) is 22.4 Å². The lowest BCUT2D eigenvalue weighted by molar-refractivity contribution is -0.188. The third kappa shape index (κ3) is 1.99. The van der Waals surface area contributed by atoms with E-state index in [1.165, 1.54) is 6.42 Å². The van der Waals surface area contributed by atoms with E-state index in [2.05, 4.69) is 20.8 Å². The summed E-state index contributed by atoms with van der Waals surface area (Å²) in [5.41, 5.74) is 0. The van der Waals surface area contributed by atoms with Crippen molar-refractivity contribution in [1.82, 2.24) is 5.06 Å². The standard InChI is InChI=1S/C10H21NO/c1-4-9-6-5-7-10(8(2)3)11(9)12/h8-10,12H,4-7H2,1-3H3/t9-,10?/m0/s1. The first-order valence-electron chi connectivity index (χ1n) is 5.14. The lowest BCUT2D eigenvalue weighted by Crippen LogP contribution is -2.46. The van der Waals surface area contributed by atoms with Crippen LogP contribution in [0, 0.1) is 5.92 Å². The van der Waals surface area contributed by atoms with E-state index in [1.807, 2.05) is 0 Å². The van der Waals surface area contributed by atoms with Crippen LogP contribution in [0.4, 0.5) is 0 Å². The van der Waals surface area contributed by atoms with Crippen LogP contribution < -0.4 is 0 Å². The summed E-state index contributed by atoms with van der Waals surface area (Å²) in [5.74, 6) is 0.573. The van der Waals surface area contributed by atoms with Gasteiger partial charge in [0.15, 0.2) is 0 Å². The van der Waals surface area contributed by atoms with Crippen molar-refractivity contribution >= 4 is 0 Å². The van der Waals surface area contributed by atoms with Gasteiger partial charge in [0.1, 0.15) is 0 Å². The Hall–Kier alpha value is -0.0800. The fourth-order valence-corrected chi connectivity index (χ4v) is 2.13. The summed E-state index contributed by atoms with van der Waals surface area (Å²) in [7, 11) is 0. The Balaban J connectivity index is 2.53. The van der Waals surface area contributed by atoms with Gasteiger partial charge in [0, 0.05) is 12.1 Å². The molecule has 1 aliphatic heterocycles. The minimum atomic E-state index is 0.392. The van der Waals surface area contributed by atoms with Gasteiger partial charge in [-0.2, -0.15) is 5.06 Å². The van der Waals surface area contributed by atoms with Gasteiger partial charge < -0.3 is 5.21 Å². The third-order valence-corrected chi connectivity index (χ3v) is 2.99. The molecule has 2 atom stereocenters. The Bertz CT molecular complexity index is 136. The van der Waals surface area contributed by atoms with Crippen LogP contribution in [0.3, 0.4) is 0 Å². The molecule has 0 aromatic rings. The van der Waals surface area contributed by atoms with Crippen LogP contribution in [0.2, 0.25) is 0 Å². The van der Waals surface area contributed by atoms with Crippen LogP contribution in [-0.2, 0) is 0 Å². The molecular weight excluding hydrogens is 150 g/mol. The van der Waals surface area contributed by atoms with E-state index in [0.717, 1.165) is 19.3 Å². The SMILES string of the molecule is CC[C@H]1CCCC(C(C)C)N1O. The maximum absolute atomic E-state index is 9.83. The van der Waals surface area contributed by atoms with Gasteiger partial charge in [-0.15, -0.1) is 0 Å². The molecule has 1 rings (SSSR count). The zero-order chi connectivity index (χ0) is 9.14. The number of hydroxylamine groups is 2. The highest BCUT2D eigenvalue weighted by Gasteiger charge is 2.29. The van der Waals surface area contributed by atoms with E-state index in [-0.39, 0.29) is 0 Å². The summed E-state index contributed by atoms with van der Waals surface area (Å²) in [6.45, 7) is 6.52. The summed E-state index contributed by atoms with van der Waals surface area (Å²) in [6.07, 6.45) is 4.67. The first-order chi connectivity index (χ1) is 5.66. The molecule has 0 aliphatic carbocycles. The van der Waals surface area contributed by atoms with Crippen molar-refractivity contribution in [2.24, 2.45) is 5.92 Å². The van der Waals surface area contributed by atoms with Crippen molar-refractivity contribution in [2.75, 3.05) is 0 Å². The van der Waals surface area contributed by atoms with E-state index >= 15 is 0 Å². The lowest BCUT2D eigenvalue weighted by Gasteiger charge is -2.39. The van der Waals surface area contributed by atoms with E-state index in [9.17, 15) is 5.21 Å². The van der Waals surface area contributed by atoms with E-state index < -0.39 is 0 Å². The molecule has 1 unspecified atom stereocenters. The molecule has 0 aromatic heterocycles. The van der Waals surface area contributed by atoms with E-state index in [0.29, 0.717) is 18.0 Å². The first-order valence-corrected chi connectivity index (χ1v) is 5.14. The number of piperidine rings is 1.